The van der Waals surface area contributed by atoms with Crippen molar-refractivity contribution < 1.29 is 9.59 Å². The molecular weight excluding hydrogens is 350 g/mol. The third-order valence-electron chi connectivity index (χ3n) is 6.06. The van der Waals surface area contributed by atoms with Gasteiger partial charge in [0.1, 0.15) is 0 Å². The molecule has 0 aromatic heterocycles. The van der Waals surface area contributed by atoms with Crippen molar-refractivity contribution in [3.63, 3.8) is 0 Å². The molecule has 5 nitrogen and oxygen atoms in total. The lowest BCUT2D eigenvalue weighted by molar-refractivity contribution is -0.130. The zero-order valence-corrected chi connectivity index (χ0v) is 16.5. The summed E-state index contributed by atoms with van der Waals surface area (Å²) < 4.78 is 0. The first-order valence-corrected chi connectivity index (χ1v) is 9.93. The Hall–Kier alpha value is -2.82. The van der Waals surface area contributed by atoms with E-state index < -0.39 is 0 Å². The first kappa shape index (κ1) is 18.5. The second kappa shape index (κ2) is 7.66. The van der Waals surface area contributed by atoms with Gasteiger partial charge in [0.25, 0.3) is 0 Å². The summed E-state index contributed by atoms with van der Waals surface area (Å²) in [6.07, 6.45) is 0. The Morgan fingerprint density at radius 2 is 1.71 bits per heavy atom. The van der Waals surface area contributed by atoms with Crippen LogP contribution in [0.2, 0.25) is 0 Å². The number of urea groups is 1. The zero-order valence-electron chi connectivity index (χ0n) is 16.5. The van der Waals surface area contributed by atoms with E-state index in [0.29, 0.717) is 25.6 Å². The zero-order chi connectivity index (χ0) is 19.7. The SMILES string of the molecule is CC(=O)N1C[C@H]2CN(C(=O)NCc3ccc(C)cc3)C[C@H]2[C@@H]1c1ccccc1. The molecular formula is C23H27N3O2. The number of amides is 3. The van der Waals surface area contributed by atoms with E-state index in [9.17, 15) is 9.59 Å². The van der Waals surface area contributed by atoms with Crippen molar-refractivity contribution in [2.75, 3.05) is 19.6 Å². The maximum absolute atomic E-state index is 12.7. The van der Waals surface area contributed by atoms with Crippen molar-refractivity contribution in [2.24, 2.45) is 11.8 Å². The van der Waals surface area contributed by atoms with Crippen molar-refractivity contribution in [1.29, 1.82) is 0 Å². The van der Waals surface area contributed by atoms with Crippen LogP contribution in [0.5, 0.6) is 0 Å². The monoisotopic (exact) mass is 377 g/mol. The molecule has 2 aliphatic rings. The maximum Gasteiger partial charge on any atom is 0.317 e. The molecule has 0 saturated carbocycles. The molecule has 0 bridgehead atoms. The van der Waals surface area contributed by atoms with Gasteiger partial charge in [-0.3, -0.25) is 4.79 Å². The fourth-order valence-corrected chi connectivity index (χ4v) is 4.61. The second-order valence-corrected chi connectivity index (χ2v) is 8.00. The smallest absolute Gasteiger partial charge is 0.317 e. The average Bonchev–Trinajstić information content (AvgIpc) is 3.26. The predicted octanol–water partition coefficient (Wildman–Crippen LogP) is 3.36. The van der Waals surface area contributed by atoms with Gasteiger partial charge in [0.05, 0.1) is 6.04 Å². The molecule has 3 amide bonds. The maximum atomic E-state index is 12.7. The molecule has 2 heterocycles. The van der Waals surface area contributed by atoms with Crippen LogP contribution in [0.3, 0.4) is 0 Å². The van der Waals surface area contributed by atoms with Crippen LogP contribution in [0.4, 0.5) is 4.79 Å². The topological polar surface area (TPSA) is 52.7 Å². The molecule has 146 valence electrons. The van der Waals surface area contributed by atoms with E-state index >= 15 is 0 Å². The summed E-state index contributed by atoms with van der Waals surface area (Å²) in [7, 11) is 0. The lowest BCUT2D eigenvalue weighted by Crippen LogP contribution is -2.41. The molecule has 0 aliphatic carbocycles. The summed E-state index contributed by atoms with van der Waals surface area (Å²) in [5.41, 5.74) is 3.47. The van der Waals surface area contributed by atoms with Gasteiger partial charge in [-0.15, -0.1) is 0 Å². The number of fused-ring (bicyclic) bond motifs is 1. The highest BCUT2D eigenvalue weighted by Gasteiger charge is 2.49. The highest BCUT2D eigenvalue weighted by Crippen LogP contribution is 2.44. The summed E-state index contributed by atoms with van der Waals surface area (Å²) in [5.74, 6) is 0.731. The molecule has 0 spiro atoms. The first-order valence-electron chi connectivity index (χ1n) is 9.93. The Morgan fingerprint density at radius 1 is 1.00 bits per heavy atom. The summed E-state index contributed by atoms with van der Waals surface area (Å²) >= 11 is 0. The largest absolute Gasteiger partial charge is 0.335 e. The Morgan fingerprint density at radius 3 is 2.39 bits per heavy atom. The van der Waals surface area contributed by atoms with Gasteiger partial charge in [0.15, 0.2) is 0 Å². The standard InChI is InChI=1S/C23H27N3O2/c1-16-8-10-18(11-9-16)12-24-23(28)25-13-20-14-26(17(2)27)22(21(20)15-25)19-6-4-3-5-7-19/h3-11,20-22H,12-15H2,1-2H3,(H,24,28)/t20-,21-,22+/m1/s1. The molecule has 4 rings (SSSR count). The molecule has 2 aliphatic heterocycles. The van der Waals surface area contributed by atoms with Gasteiger partial charge < -0.3 is 15.1 Å². The minimum absolute atomic E-state index is 0.0174. The van der Waals surface area contributed by atoms with Crippen LogP contribution < -0.4 is 5.32 Å². The van der Waals surface area contributed by atoms with E-state index in [1.165, 1.54) is 5.56 Å². The first-order chi connectivity index (χ1) is 13.5. The number of benzene rings is 2. The van der Waals surface area contributed by atoms with Gasteiger partial charge in [-0.1, -0.05) is 60.2 Å². The van der Waals surface area contributed by atoms with Crippen molar-refractivity contribution in [1.82, 2.24) is 15.1 Å². The highest BCUT2D eigenvalue weighted by atomic mass is 16.2. The summed E-state index contributed by atoms with van der Waals surface area (Å²) in [6, 6.07) is 18.4. The van der Waals surface area contributed by atoms with Gasteiger partial charge in [-0.2, -0.15) is 0 Å². The number of nitrogens with zero attached hydrogens (tertiary/aromatic N) is 2. The van der Waals surface area contributed by atoms with E-state index in [0.717, 1.165) is 17.7 Å². The van der Waals surface area contributed by atoms with E-state index in [1.807, 2.05) is 40.1 Å². The van der Waals surface area contributed by atoms with Crippen LogP contribution in [-0.2, 0) is 11.3 Å². The Bertz CT molecular complexity index is 850. The predicted molar refractivity (Wildman–Crippen MR) is 109 cm³/mol. The molecule has 1 N–H and O–H groups in total. The molecule has 28 heavy (non-hydrogen) atoms. The third kappa shape index (κ3) is 3.61. The number of rotatable bonds is 3. The fourth-order valence-electron chi connectivity index (χ4n) is 4.61. The molecule has 2 aromatic carbocycles. The lowest BCUT2D eigenvalue weighted by Gasteiger charge is -2.29. The van der Waals surface area contributed by atoms with E-state index in [1.54, 1.807) is 6.92 Å². The van der Waals surface area contributed by atoms with Crippen LogP contribution in [-0.4, -0.2) is 41.4 Å². The van der Waals surface area contributed by atoms with E-state index in [2.05, 4.69) is 36.5 Å². The molecule has 2 fully saturated rings. The van der Waals surface area contributed by atoms with Crippen LogP contribution in [0, 0.1) is 18.8 Å². The number of hydrogen-bond acceptors (Lipinski definition) is 2. The Labute approximate surface area is 166 Å². The van der Waals surface area contributed by atoms with Crippen LogP contribution in [0.15, 0.2) is 54.6 Å². The highest BCUT2D eigenvalue weighted by molar-refractivity contribution is 5.76. The third-order valence-corrected chi connectivity index (χ3v) is 6.06. The summed E-state index contributed by atoms with van der Waals surface area (Å²) in [5, 5.41) is 3.04. The van der Waals surface area contributed by atoms with Gasteiger partial charge in [-0.25, -0.2) is 4.79 Å². The van der Waals surface area contributed by atoms with Crippen molar-refractivity contribution >= 4 is 11.9 Å². The number of likely N-dealkylation sites (tertiary alicyclic amines) is 2. The van der Waals surface area contributed by atoms with Gasteiger partial charge in [0.2, 0.25) is 5.91 Å². The summed E-state index contributed by atoms with van der Waals surface area (Å²) in [4.78, 5) is 28.8. The van der Waals surface area contributed by atoms with Crippen LogP contribution in [0.25, 0.3) is 0 Å². The lowest BCUT2D eigenvalue weighted by atomic mass is 9.89. The molecule has 2 saturated heterocycles. The van der Waals surface area contributed by atoms with E-state index in [4.69, 9.17) is 0 Å². The number of aryl methyl sites for hydroxylation is 1. The van der Waals surface area contributed by atoms with Crippen LogP contribution >= 0.6 is 0 Å². The second-order valence-electron chi connectivity index (χ2n) is 8.00. The number of carbonyl (C=O) groups is 2. The molecule has 2 aromatic rings. The van der Waals surface area contributed by atoms with Gasteiger partial charge >= 0.3 is 6.03 Å². The normalized spacial score (nSPS) is 23.6. The quantitative estimate of drug-likeness (QED) is 0.892. The minimum atomic E-state index is -0.0174. The number of hydrogen-bond donors (Lipinski definition) is 1. The molecule has 3 atom stereocenters. The van der Waals surface area contributed by atoms with Crippen molar-refractivity contribution in [3.8, 4) is 0 Å². The van der Waals surface area contributed by atoms with Gasteiger partial charge in [-0.05, 0) is 18.1 Å². The Kier molecular flexibility index (Phi) is 5.07. The van der Waals surface area contributed by atoms with Crippen molar-refractivity contribution in [3.05, 3.63) is 71.3 Å². The molecule has 5 heteroatoms. The van der Waals surface area contributed by atoms with E-state index in [-0.39, 0.29) is 23.9 Å². The number of nitrogens with one attached hydrogen (secondary N) is 1. The molecule has 0 unspecified atom stereocenters. The number of carbonyl (C=O) groups excluding carboxylic acids is 2. The molecule has 0 radical (unpaired) electrons. The minimum Gasteiger partial charge on any atom is -0.335 e. The average molecular weight is 377 g/mol. The summed E-state index contributed by atoms with van der Waals surface area (Å²) in [6.45, 7) is 6.35. The fraction of sp³-hybridized carbons (Fsp3) is 0.391. The van der Waals surface area contributed by atoms with Crippen LogP contribution in [0.1, 0.15) is 29.7 Å². The van der Waals surface area contributed by atoms with Crippen molar-refractivity contribution in [2.45, 2.75) is 26.4 Å². The van der Waals surface area contributed by atoms with Gasteiger partial charge in [0, 0.05) is 44.9 Å². The Balaban J connectivity index is 1.43.